The molecule has 8 heteroatoms. The van der Waals surface area contributed by atoms with E-state index in [2.05, 4.69) is 21.0 Å². The predicted molar refractivity (Wildman–Crippen MR) is 75.4 cm³/mol. The summed E-state index contributed by atoms with van der Waals surface area (Å²) in [5.74, 6) is -1.49. The molecule has 0 aliphatic rings. The summed E-state index contributed by atoms with van der Waals surface area (Å²) >= 11 is 3.15. The van der Waals surface area contributed by atoms with Crippen molar-refractivity contribution < 1.29 is 18.3 Å². The Balaban J connectivity index is 2.33. The third kappa shape index (κ3) is 3.26. The monoisotopic (exact) mass is 358 g/mol. The number of halogens is 1. The van der Waals surface area contributed by atoms with Crippen LogP contribution in [0.25, 0.3) is 0 Å². The highest BCUT2D eigenvalue weighted by Crippen LogP contribution is 2.22. The van der Waals surface area contributed by atoms with E-state index in [0.29, 0.717) is 4.47 Å². The van der Waals surface area contributed by atoms with Crippen LogP contribution in [0, 0.1) is 0 Å². The Morgan fingerprint density at radius 2 is 2.15 bits per heavy atom. The molecule has 106 valence electrons. The molecule has 1 N–H and O–H groups in total. The molecule has 0 aliphatic carbocycles. The van der Waals surface area contributed by atoms with Crippen molar-refractivity contribution in [2.45, 2.75) is 11.4 Å². The van der Waals surface area contributed by atoms with Gasteiger partial charge in [0, 0.05) is 16.9 Å². The van der Waals surface area contributed by atoms with E-state index in [-0.39, 0.29) is 22.8 Å². The molecule has 0 radical (unpaired) electrons. The van der Waals surface area contributed by atoms with Crippen LogP contribution < -0.4 is 0 Å². The normalized spacial score (nSPS) is 11.4. The van der Waals surface area contributed by atoms with Crippen LogP contribution in [0.4, 0.5) is 0 Å². The Morgan fingerprint density at radius 3 is 2.75 bits per heavy atom. The summed E-state index contributed by atoms with van der Waals surface area (Å²) in [7, 11) is -3.71. The van der Waals surface area contributed by atoms with Gasteiger partial charge in [-0.25, -0.2) is 13.2 Å². The fraction of sp³-hybridized carbons (Fsp3) is 0.167. The highest BCUT2D eigenvalue weighted by atomic mass is 79.9. The number of hydrogen-bond donors (Lipinski definition) is 1. The minimum absolute atomic E-state index is 0.168. The van der Waals surface area contributed by atoms with Crippen LogP contribution in [-0.2, 0) is 16.4 Å². The van der Waals surface area contributed by atoms with Crippen LogP contribution in [0.3, 0.4) is 0 Å². The first-order valence-corrected chi connectivity index (χ1v) is 8.08. The van der Waals surface area contributed by atoms with E-state index < -0.39 is 15.8 Å². The van der Waals surface area contributed by atoms with Crippen molar-refractivity contribution in [2.75, 3.05) is 5.75 Å². The van der Waals surface area contributed by atoms with Gasteiger partial charge in [0.2, 0.25) is 0 Å². The number of carbonyl (C=O) groups is 1. The molecule has 0 bridgehead atoms. The Bertz CT molecular complexity index is 726. The number of nitrogens with zero attached hydrogens (tertiary/aromatic N) is 2. The zero-order chi connectivity index (χ0) is 14.8. The number of hydrogen-bond acceptors (Lipinski definition) is 4. The standard InChI is InChI=1S/C12H11BrN2O4S/c13-9-2-3-10(12(16)17)11(8-9)20(18,19)7-6-15-5-1-4-14-15/h1-5,8H,6-7H2,(H,16,17). The van der Waals surface area contributed by atoms with Crippen molar-refractivity contribution in [3.05, 3.63) is 46.7 Å². The number of aryl methyl sites for hydroxylation is 1. The van der Waals surface area contributed by atoms with E-state index in [9.17, 15) is 13.2 Å². The average Bonchev–Trinajstić information content (AvgIpc) is 2.89. The second-order valence-corrected chi connectivity index (χ2v) is 7.03. The largest absolute Gasteiger partial charge is 0.478 e. The van der Waals surface area contributed by atoms with E-state index in [1.807, 2.05) is 0 Å². The third-order valence-electron chi connectivity index (χ3n) is 2.66. The molecule has 2 aromatic rings. The Labute approximate surface area is 124 Å². The molecular formula is C12H11BrN2O4S. The third-order valence-corrected chi connectivity index (χ3v) is 4.88. The lowest BCUT2D eigenvalue weighted by Gasteiger charge is -2.08. The molecule has 0 saturated heterocycles. The molecule has 0 unspecified atom stereocenters. The van der Waals surface area contributed by atoms with E-state index in [1.165, 1.54) is 22.9 Å². The summed E-state index contributed by atoms with van der Waals surface area (Å²) in [6.45, 7) is 0.168. The molecule has 0 spiro atoms. The van der Waals surface area contributed by atoms with Gasteiger partial charge < -0.3 is 5.11 Å². The van der Waals surface area contributed by atoms with Crippen LogP contribution >= 0.6 is 15.9 Å². The summed E-state index contributed by atoms with van der Waals surface area (Å²) in [4.78, 5) is 10.9. The zero-order valence-corrected chi connectivity index (χ0v) is 12.6. The maximum atomic E-state index is 12.3. The van der Waals surface area contributed by atoms with Crippen LogP contribution in [0.5, 0.6) is 0 Å². The molecular weight excluding hydrogens is 348 g/mol. The lowest BCUT2D eigenvalue weighted by molar-refractivity contribution is 0.0692. The highest BCUT2D eigenvalue weighted by molar-refractivity contribution is 9.10. The first-order chi connectivity index (χ1) is 9.40. The molecule has 1 heterocycles. The van der Waals surface area contributed by atoms with Crippen LogP contribution in [0.15, 0.2) is 46.0 Å². The van der Waals surface area contributed by atoms with E-state index in [0.717, 1.165) is 0 Å². The Hall–Kier alpha value is -1.67. The van der Waals surface area contributed by atoms with E-state index in [1.54, 1.807) is 18.5 Å². The van der Waals surface area contributed by atoms with Crippen molar-refractivity contribution in [1.29, 1.82) is 0 Å². The smallest absolute Gasteiger partial charge is 0.337 e. The zero-order valence-electron chi connectivity index (χ0n) is 10.2. The molecule has 6 nitrogen and oxygen atoms in total. The second kappa shape index (κ2) is 5.76. The van der Waals surface area contributed by atoms with Crippen molar-refractivity contribution in [3.63, 3.8) is 0 Å². The summed E-state index contributed by atoms with van der Waals surface area (Å²) < 4.78 is 26.6. The molecule has 0 aliphatic heterocycles. The minimum atomic E-state index is -3.71. The van der Waals surface area contributed by atoms with Gasteiger partial charge in [0.1, 0.15) is 0 Å². The van der Waals surface area contributed by atoms with Crippen LogP contribution in [-0.4, -0.2) is 35.0 Å². The number of carboxylic acid groups (broad SMARTS) is 1. The molecule has 20 heavy (non-hydrogen) atoms. The van der Waals surface area contributed by atoms with E-state index in [4.69, 9.17) is 5.11 Å². The number of rotatable bonds is 5. The fourth-order valence-electron chi connectivity index (χ4n) is 1.69. The van der Waals surface area contributed by atoms with Crippen molar-refractivity contribution in [3.8, 4) is 0 Å². The van der Waals surface area contributed by atoms with Gasteiger partial charge >= 0.3 is 5.97 Å². The Morgan fingerprint density at radius 1 is 1.40 bits per heavy atom. The quantitative estimate of drug-likeness (QED) is 0.880. The lowest BCUT2D eigenvalue weighted by atomic mass is 10.2. The molecule has 2 rings (SSSR count). The molecule has 0 atom stereocenters. The summed E-state index contributed by atoms with van der Waals surface area (Å²) in [5, 5.41) is 13.0. The van der Waals surface area contributed by atoms with Gasteiger partial charge in [-0.05, 0) is 24.3 Å². The predicted octanol–water partition coefficient (Wildman–Crippen LogP) is 1.82. The summed E-state index contributed by atoms with van der Waals surface area (Å²) in [6, 6.07) is 5.76. The SMILES string of the molecule is O=C(O)c1ccc(Br)cc1S(=O)(=O)CCn1cccn1. The van der Waals surface area contributed by atoms with Crippen molar-refractivity contribution in [2.24, 2.45) is 0 Å². The van der Waals surface area contributed by atoms with Gasteiger partial charge in [-0.1, -0.05) is 15.9 Å². The first kappa shape index (κ1) is 14.7. The molecule has 0 saturated carbocycles. The lowest BCUT2D eigenvalue weighted by Crippen LogP contribution is -2.16. The first-order valence-electron chi connectivity index (χ1n) is 5.63. The van der Waals surface area contributed by atoms with Gasteiger partial charge in [-0.2, -0.15) is 5.10 Å². The second-order valence-electron chi connectivity index (χ2n) is 4.03. The number of sulfone groups is 1. The van der Waals surface area contributed by atoms with E-state index >= 15 is 0 Å². The minimum Gasteiger partial charge on any atom is -0.478 e. The highest BCUT2D eigenvalue weighted by Gasteiger charge is 2.22. The number of aromatic carboxylic acids is 1. The molecule has 1 aromatic carbocycles. The maximum Gasteiger partial charge on any atom is 0.337 e. The van der Waals surface area contributed by atoms with Gasteiger partial charge in [0.25, 0.3) is 0 Å². The van der Waals surface area contributed by atoms with Crippen LogP contribution in [0.1, 0.15) is 10.4 Å². The number of aromatic nitrogens is 2. The van der Waals surface area contributed by atoms with Crippen molar-refractivity contribution in [1.82, 2.24) is 9.78 Å². The van der Waals surface area contributed by atoms with Gasteiger partial charge in [0.05, 0.1) is 22.8 Å². The number of benzene rings is 1. The maximum absolute atomic E-state index is 12.3. The van der Waals surface area contributed by atoms with Crippen LogP contribution in [0.2, 0.25) is 0 Å². The fourth-order valence-corrected chi connectivity index (χ4v) is 3.64. The molecule has 1 aromatic heterocycles. The summed E-state index contributed by atoms with van der Waals surface area (Å²) in [5.41, 5.74) is -0.228. The summed E-state index contributed by atoms with van der Waals surface area (Å²) in [6.07, 6.45) is 3.20. The topological polar surface area (TPSA) is 89.3 Å². The molecule has 0 fully saturated rings. The van der Waals surface area contributed by atoms with Gasteiger partial charge in [-0.15, -0.1) is 0 Å². The van der Waals surface area contributed by atoms with Crippen molar-refractivity contribution >= 4 is 31.7 Å². The number of carboxylic acids is 1. The Kier molecular flexibility index (Phi) is 4.24. The molecule has 0 amide bonds. The van der Waals surface area contributed by atoms with Gasteiger partial charge in [-0.3, -0.25) is 4.68 Å². The van der Waals surface area contributed by atoms with Gasteiger partial charge in [0.15, 0.2) is 9.84 Å². The average molecular weight is 359 g/mol.